The first-order valence-electron chi connectivity index (χ1n) is 10.1. The van der Waals surface area contributed by atoms with E-state index in [0.717, 1.165) is 25.9 Å². The van der Waals surface area contributed by atoms with Crippen LogP contribution in [0.5, 0.6) is 0 Å². The lowest BCUT2D eigenvalue weighted by Crippen LogP contribution is -2.31. The van der Waals surface area contributed by atoms with Crippen molar-refractivity contribution in [2.75, 3.05) is 13.1 Å². The summed E-state index contributed by atoms with van der Waals surface area (Å²) in [6.45, 7) is 21.2. The molecule has 2 aliphatic heterocycles. The van der Waals surface area contributed by atoms with Gasteiger partial charge in [0.05, 0.1) is 0 Å². The number of carbonyl (C=O) groups is 2. The second-order valence-electron chi connectivity index (χ2n) is 6.29. The number of hydrogen-bond acceptors (Lipinski definition) is 2. The maximum Gasteiger partial charge on any atom is 0.219 e. The van der Waals surface area contributed by atoms with Crippen LogP contribution in [-0.4, -0.2) is 46.8 Å². The van der Waals surface area contributed by atoms with Gasteiger partial charge in [0.2, 0.25) is 11.8 Å². The third-order valence-electron chi connectivity index (χ3n) is 4.55. The van der Waals surface area contributed by atoms with E-state index in [1.54, 1.807) is 13.8 Å². The Morgan fingerprint density at radius 3 is 1.15 bits per heavy atom. The van der Waals surface area contributed by atoms with Crippen molar-refractivity contribution in [3.05, 3.63) is 23.3 Å². The summed E-state index contributed by atoms with van der Waals surface area (Å²) < 4.78 is 0. The number of hydrogen-bond donors (Lipinski definition) is 0. The second kappa shape index (κ2) is 14.6. The van der Waals surface area contributed by atoms with Gasteiger partial charge in [-0.25, -0.2) is 0 Å². The molecule has 0 unspecified atom stereocenters. The van der Waals surface area contributed by atoms with E-state index in [0.29, 0.717) is 12.1 Å². The topological polar surface area (TPSA) is 40.6 Å². The summed E-state index contributed by atoms with van der Waals surface area (Å²) in [5.41, 5.74) is 2.76. The summed E-state index contributed by atoms with van der Waals surface area (Å²) in [5.74, 6) is 0.378. The van der Waals surface area contributed by atoms with Crippen molar-refractivity contribution in [2.24, 2.45) is 0 Å². The normalized spacial score (nSPS) is 24.2. The van der Waals surface area contributed by atoms with Crippen LogP contribution in [0.25, 0.3) is 0 Å². The molecule has 26 heavy (non-hydrogen) atoms. The summed E-state index contributed by atoms with van der Waals surface area (Å²) >= 11 is 0. The van der Waals surface area contributed by atoms with E-state index in [1.165, 1.54) is 11.1 Å². The minimum Gasteiger partial charge on any atom is -0.336 e. The van der Waals surface area contributed by atoms with E-state index in [4.69, 9.17) is 0 Å². The molecule has 0 bridgehead atoms. The Bertz CT molecular complexity index is 437. The quantitative estimate of drug-likeness (QED) is 0.553. The molecule has 2 saturated heterocycles. The highest BCUT2D eigenvalue weighted by atomic mass is 16.2. The van der Waals surface area contributed by atoms with Gasteiger partial charge in [-0.05, 0) is 40.5 Å². The van der Waals surface area contributed by atoms with Crippen molar-refractivity contribution in [2.45, 2.75) is 94.2 Å². The molecule has 0 aromatic heterocycles. The summed E-state index contributed by atoms with van der Waals surface area (Å²) in [6, 6.07) is 0.803. The monoisotopic (exact) mass is 366 g/mol. The van der Waals surface area contributed by atoms with Gasteiger partial charge in [0.25, 0.3) is 0 Å². The minimum atomic E-state index is 0.189. The van der Waals surface area contributed by atoms with Crippen LogP contribution in [0.2, 0.25) is 0 Å². The lowest BCUT2D eigenvalue weighted by atomic mass is 10.2. The lowest BCUT2D eigenvalue weighted by Gasteiger charge is -2.18. The molecule has 0 saturated carbocycles. The Balaban J connectivity index is 0. The Hall–Kier alpha value is -1.58. The van der Waals surface area contributed by atoms with Crippen molar-refractivity contribution < 1.29 is 9.59 Å². The van der Waals surface area contributed by atoms with E-state index in [-0.39, 0.29) is 11.8 Å². The maximum absolute atomic E-state index is 11.0. The van der Waals surface area contributed by atoms with Crippen LogP contribution in [0.1, 0.15) is 82.1 Å². The molecule has 2 heterocycles. The summed E-state index contributed by atoms with van der Waals surface area (Å²) in [7, 11) is 0. The van der Waals surface area contributed by atoms with Gasteiger partial charge < -0.3 is 9.80 Å². The molecule has 0 spiro atoms. The standard InChI is InChI=1S/2C9H15NO.2C2H6/c2*1-4-9-5-7(2)10(6-9)8(3)11;2*1-2/h2*4,7H,5-6H2,1-3H3;2*1-2H3/b9-4+;9-4-;;/t2*7-;;/m11../s1. The van der Waals surface area contributed by atoms with Gasteiger partial charge in [-0.1, -0.05) is 51.0 Å². The van der Waals surface area contributed by atoms with Crippen LogP contribution in [0.4, 0.5) is 0 Å². The Morgan fingerprint density at radius 1 is 0.769 bits per heavy atom. The lowest BCUT2D eigenvalue weighted by molar-refractivity contribution is -0.130. The number of carbonyl (C=O) groups excluding carboxylic acids is 2. The van der Waals surface area contributed by atoms with Gasteiger partial charge in [0.1, 0.15) is 0 Å². The number of nitrogens with zero attached hydrogens (tertiary/aromatic N) is 2. The predicted molar refractivity (Wildman–Crippen MR) is 113 cm³/mol. The molecule has 152 valence electrons. The van der Waals surface area contributed by atoms with Gasteiger partial charge in [0.15, 0.2) is 0 Å². The fraction of sp³-hybridized carbons (Fsp3) is 0.727. The Kier molecular flexibility index (Phi) is 14.9. The zero-order chi connectivity index (χ0) is 20.9. The van der Waals surface area contributed by atoms with Crippen molar-refractivity contribution in [3.63, 3.8) is 0 Å². The van der Waals surface area contributed by atoms with Crippen molar-refractivity contribution in [1.29, 1.82) is 0 Å². The zero-order valence-electron chi connectivity index (χ0n) is 18.8. The van der Waals surface area contributed by atoms with Crippen molar-refractivity contribution in [3.8, 4) is 0 Å². The van der Waals surface area contributed by atoms with Gasteiger partial charge in [0, 0.05) is 39.0 Å². The average Bonchev–Trinajstić information content (AvgIpc) is 3.21. The molecular weight excluding hydrogens is 324 g/mol. The van der Waals surface area contributed by atoms with E-state index in [1.807, 2.05) is 51.3 Å². The Labute approximate surface area is 162 Å². The van der Waals surface area contributed by atoms with E-state index in [9.17, 15) is 9.59 Å². The highest BCUT2D eigenvalue weighted by Gasteiger charge is 2.25. The Morgan fingerprint density at radius 2 is 1.04 bits per heavy atom. The molecule has 0 aromatic carbocycles. The first-order chi connectivity index (χ1) is 12.3. The molecule has 2 rings (SSSR count). The molecule has 0 aliphatic carbocycles. The van der Waals surface area contributed by atoms with Crippen LogP contribution < -0.4 is 0 Å². The minimum absolute atomic E-state index is 0.189. The number of allylic oxidation sites excluding steroid dienone is 2. The highest BCUT2D eigenvalue weighted by Crippen LogP contribution is 2.22. The summed E-state index contributed by atoms with van der Waals surface area (Å²) in [4.78, 5) is 25.9. The maximum atomic E-state index is 11.0. The van der Waals surface area contributed by atoms with E-state index >= 15 is 0 Å². The fourth-order valence-electron chi connectivity index (χ4n) is 3.12. The first kappa shape index (κ1) is 26.6. The van der Waals surface area contributed by atoms with Gasteiger partial charge in [-0.3, -0.25) is 9.59 Å². The fourth-order valence-corrected chi connectivity index (χ4v) is 3.12. The van der Waals surface area contributed by atoms with E-state index in [2.05, 4.69) is 26.0 Å². The van der Waals surface area contributed by atoms with Crippen LogP contribution in [0, 0.1) is 0 Å². The molecule has 2 amide bonds. The molecule has 2 fully saturated rings. The average molecular weight is 367 g/mol. The summed E-state index contributed by atoms with van der Waals surface area (Å²) in [6.07, 6.45) is 6.32. The molecule has 0 radical (unpaired) electrons. The van der Waals surface area contributed by atoms with Crippen LogP contribution in [0.15, 0.2) is 23.3 Å². The zero-order valence-corrected chi connectivity index (χ0v) is 18.8. The van der Waals surface area contributed by atoms with Crippen molar-refractivity contribution >= 4 is 11.8 Å². The molecule has 2 atom stereocenters. The van der Waals surface area contributed by atoms with Crippen molar-refractivity contribution in [1.82, 2.24) is 9.80 Å². The van der Waals surface area contributed by atoms with Gasteiger partial charge in [-0.15, -0.1) is 0 Å². The van der Waals surface area contributed by atoms with Crippen LogP contribution >= 0.6 is 0 Å². The molecule has 0 aromatic rings. The SMILES string of the molecule is C/C=C1/C[C@@H](C)N(C(C)=O)C1.C/C=C1\C[C@@H](C)N(C(C)=O)C1.CC.CC. The second-order valence-corrected chi connectivity index (χ2v) is 6.29. The van der Waals surface area contributed by atoms with Gasteiger partial charge in [-0.2, -0.15) is 0 Å². The summed E-state index contributed by atoms with van der Waals surface area (Å²) in [5, 5.41) is 0. The highest BCUT2D eigenvalue weighted by molar-refractivity contribution is 5.75. The molecule has 0 N–H and O–H groups in total. The number of rotatable bonds is 0. The predicted octanol–water partition coefficient (Wildman–Crippen LogP) is 5.20. The third-order valence-corrected chi connectivity index (χ3v) is 4.55. The molecule has 2 aliphatic rings. The van der Waals surface area contributed by atoms with Crippen LogP contribution in [-0.2, 0) is 9.59 Å². The smallest absolute Gasteiger partial charge is 0.219 e. The molecule has 4 nitrogen and oxygen atoms in total. The first-order valence-corrected chi connectivity index (χ1v) is 10.1. The number of amides is 2. The van der Waals surface area contributed by atoms with Gasteiger partial charge >= 0.3 is 0 Å². The van der Waals surface area contributed by atoms with Crippen LogP contribution in [0.3, 0.4) is 0 Å². The van der Waals surface area contributed by atoms with E-state index < -0.39 is 0 Å². The third kappa shape index (κ3) is 8.68. The molecule has 4 heteroatoms. The molecular formula is C22H42N2O2. The number of likely N-dealkylation sites (tertiary alicyclic amines) is 2. The largest absolute Gasteiger partial charge is 0.336 e.